The monoisotopic (exact) mass is 607 g/mol. The number of carboxylic acid groups (broad SMARTS) is 1. The predicted octanol–water partition coefficient (Wildman–Crippen LogP) is 0.754. The minimum absolute atomic E-state index is 0. The van der Waals surface area contributed by atoms with Crippen molar-refractivity contribution in [1.29, 1.82) is 0 Å². The molecule has 0 saturated heterocycles. The zero-order valence-corrected chi connectivity index (χ0v) is 16.6. The SMILES string of the molecule is CC(C)(C)OC(=O)NC(CC(=O)On1nnc2ccccc21)C(=O)O.[Fm]. The number of ether oxygens (including phenoxy) is 1. The van der Waals surface area contributed by atoms with Crippen LogP contribution in [0.3, 0.4) is 0 Å². The number of alkyl carbamates (subject to hydrolysis) is 1. The topological polar surface area (TPSA) is 133 Å². The Bertz CT molecular complexity index is 801. The number of hydrogen-bond acceptors (Lipinski definition) is 7. The molecule has 11 heteroatoms. The number of nitrogens with zero attached hydrogens (tertiary/aromatic N) is 3. The first-order valence-corrected chi connectivity index (χ1v) is 7.39. The van der Waals surface area contributed by atoms with E-state index in [0.29, 0.717) is 11.0 Å². The second-order valence-corrected chi connectivity index (χ2v) is 6.16. The number of aliphatic carboxylic acids is 1. The summed E-state index contributed by atoms with van der Waals surface area (Å²) >= 11 is 0. The first-order valence-electron chi connectivity index (χ1n) is 7.39. The Morgan fingerprint density at radius 1 is 1.27 bits per heavy atom. The first-order chi connectivity index (χ1) is 11.7. The quantitative estimate of drug-likeness (QED) is 0.477. The molecule has 1 amide bonds. The summed E-state index contributed by atoms with van der Waals surface area (Å²) in [6.07, 6.45) is -1.55. The molecule has 0 spiro atoms. The van der Waals surface area contributed by atoms with Crippen molar-refractivity contribution in [3.63, 3.8) is 0 Å². The number of para-hydroxylation sites is 1. The summed E-state index contributed by atoms with van der Waals surface area (Å²) in [6, 6.07) is 5.26. The van der Waals surface area contributed by atoms with Crippen molar-refractivity contribution in [3.8, 4) is 0 Å². The van der Waals surface area contributed by atoms with E-state index < -0.39 is 36.1 Å². The number of carbonyl (C=O) groups is 3. The first kappa shape index (κ1) is 19.9. The number of fused-ring (bicyclic) bond motifs is 1. The average molecular weight is 607 g/mol. The summed E-state index contributed by atoms with van der Waals surface area (Å²) in [4.78, 5) is 40.8. The normalized spacial score (nSPS) is 12.0. The molecule has 146 valence electrons. The van der Waals surface area contributed by atoms with Crippen molar-refractivity contribution >= 4 is 29.1 Å². The largest absolute Gasteiger partial charge is 0.480 e. The molecule has 0 aliphatic heterocycles. The van der Waals surface area contributed by atoms with Crippen molar-refractivity contribution in [2.45, 2.75) is 38.8 Å². The van der Waals surface area contributed by atoms with Gasteiger partial charge in [0.15, 0.2) is 0 Å². The maximum Gasteiger partial charge on any atom is 0.408 e. The van der Waals surface area contributed by atoms with Gasteiger partial charge in [0.25, 0.3) is 0 Å². The van der Waals surface area contributed by atoms with Crippen molar-refractivity contribution < 1.29 is 29.1 Å². The van der Waals surface area contributed by atoms with Crippen LogP contribution in [0, 0.1) is 0 Å². The molecule has 1 aromatic heterocycles. The number of carbonyl (C=O) groups excluding carboxylic acids is 2. The summed E-state index contributed by atoms with van der Waals surface area (Å²) in [5, 5.41) is 18.7. The molecule has 2 rings (SSSR count). The Morgan fingerprint density at radius 3 is 2.54 bits per heavy atom. The Morgan fingerprint density at radius 2 is 1.92 bits per heavy atom. The van der Waals surface area contributed by atoms with E-state index >= 15 is 0 Å². The van der Waals surface area contributed by atoms with Gasteiger partial charge in [-0.3, -0.25) is 0 Å². The molecule has 1 aromatic carbocycles. The standard InChI is InChI=1S/C15H18N4O6.Fm/c1-15(2,3)24-14(23)16-10(13(21)22)8-12(20)25-19-11-7-5-4-6-9(11)17-18-19;/h4-7,10H,8H2,1-3H3,(H,16,23)(H,21,22);. The van der Waals surface area contributed by atoms with Crippen LogP contribution in [0.2, 0.25) is 0 Å². The fourth-order valence-electron chi connectivity index (χ4n) is 1.87. The second-order valence-electron chi connectivity index (χ2n) is 6.16. The van der Waals surface area contributed by atoms with Crippen LogP contribution in [0.1, 0.15) is 27.2 Å². The zero-order chi connectivity index (χ0) is 18.6. The molecular weight excluding hydrogens is 589 g/mol. The number of carboxylic acids is 1. The zero-order valence-electron chi connectivity index (χ0n) is 14.2. The Balaban J connectivity index is 0.00000338. The Labute approximate surface area is 142 Å². The number of amides is 1. The number of hydrogen-bond donors (Lipinski definition) is 2. The molecule has 0 fully saturated rings. The van der Waals surface area contributed by atoms with Crippen LogP contribution in [0.4, 0.5) is 4.79 Å². The molecule has 1 unspecified atom stereocenters. The molecule has 0 saturated carbocycles. The van der Waals surface area contributed by atoms with E-state index in [-0.39, 0.29) is 0 Å². The smallest absolute Gasteiger partial charge is 0.408 e. The fourth-order valence-corrected chi connectivity index (χ4v) is 1.87. The summed E-state index contributed by atoms with van der Waals surface area (Å²) in [6.45, 7) is 4.89. The van der Waals surface area contributed by atoms with Crippen molar-refractivity contribution in [2.75, 3.05) is 0 Å². The summed E-state index contributed by atoms with van der Waals surface area (Å²) in [5.41, 5.74) is 0.160. The molecule has 10 nitrogen and oxygen atoms in total. The third-order valence-corrected chi connectivity index (χ3v) is 2.87. The van der Waals surface area contributed by atoms with Crippen LogP contribution in [0.25, 0.3) is 11.0 Å². The van der Waals surface area contributed by atoms with Gasteiger partial charge in [-0.2, -0.15) is 0 Å². The maximum atomic E-state index is 12.0. The van der Waals surface area contributed by atoms with Gasteiger partial charge >= 0.3 is 18.0 Å². The molecule has 0 radical (unpaired) electrons. The van der Waals surface area contributed by atoms with Crippen molar-refractivity contribution in [3.05, 3.63) is 24.3 Å². The van der Waals surface area contributed by atoms with Crippen LogP contribution in [-0.4, -0.2) is 49.9 Å². The van der Waals surface area contributed by atoms with E-state index in [1.54, 1.807) is 45.0 Å². The molecule has 1 atom stereocenters. The maximum absolute atomic E-state index is 12.0. The third kappa shape index (κ3) is 5.18. The Hall–Kier alpha value is -4.17. The minimum Gasteiger partial charge on any atom is -0.480 e. The van der Waals surface area contributed by atoms with E-state index in [1.165, 1.54) is 0 Å². The number of rotatable bonds is 5. The third-order valence-electron chi connectivity index (χ3n) is 2.87. The van der Waals surface area contributed by atoms with Crippen LogP contribution in [0.5, 0.6) is 0 Å². The van der Waals surface area contributed by atoms with Crippen LogP contribution >= 0.6 is 0 Å². The van der Waals surface area contributed by atoms with Crippen LogP contribution in [0.15, 0.2) is 24.3 Å². The van der Waals surface area contributed by atoms with Crippen LogP contribution in [-0.2, 0) is 14.3 Å². The van der Waals surface area contributed by atoms with E-state index in [2.05, 4.69) is 15.6 Å². The number of benzene rings is 1. The van der Waals surface area contributed by atoms with Gasteiger partial charge in [-0.25, -0.2) is 14.4 Å². The fraction of sp³-hybridized carbons (Fsp3) is 0.400. The summed E-state index contributed by atoms with van der Waals surface area (Å²) < 4.78 is 4.97. The van der Waals surface area contributed by atoms with Gasteiger partial charge in [-0.1, -0.05) is 17.0 Å². The molecular formula is C15H18FmN4O6. The Kier molecular flexibility index (Phi) is 5.81. The molecule has 0 aliphatic carbocycles. The predicted molar refractivity (Wildman–Crippen MR) is 84.5 cm³/mol. The minimum atomic E-state index is -1.50. The van der Waals surface area contributed by atoms with Crippen molar-refractivity contribution in [1.82, 2.24) is 20.5 Å². The summed E-state index contributed by atoms with van der Waals surface area (Å²) in [5.74, 6) is -2.30. The molecule has 1 heterocycles. The number of nitrogens with one attached hydrogen (secondary N) is 1. The van der Waals surface area contributed by atoms with Gasteiger partial charge in [0, 0.05) is 0 Å². The van der Waals surface area contributed by atoms with Gasteiger partial charge in [0.1, 0.15) is 22.7 Å². The van der Waals surface area contributed by atoms with Gasteiger partial charge in [0.05, 0.1) is 6.42 Å². The van der Waals surface area contributed by atoms with Crippen molar-refractivity contribution in [2.24, 2.45) is 0 Å². The van der Waals surface area contributed by atoms with Gasteiger partial charge in [-0.05, 0) is 38.1 Å². The molecule has 2 aromatic rings. The van der Waals surface area contributed by atoms with E-state index in [9.17, 15) is 14.4 Å². The number of aromatic nitrogens is 3. The summed E-state index contributed by atoms with van der Waals surface area (Å²) in [7, 11) is 0. The van der Waals surface area contributed by atoms with Gasteiger partial charge < -0.3 is 20.0 Å². The average Bonchev–Trinajstić information content (AvgIpc) is 2.88. The van der Waals surface area contributed by atoms with Gasteiger partial charge in [0.2, 0.25) is 0 Å². The van der Waals surface area contributed by atoms with E-state index in [1.807, 2.05) is 0 Å². The van der Waals surface area contributed by atoms with Gasteiger partial charge in [-0.15, -0.1) is 5.10 Å². The van der Waals surface area contributed by atoms with E-state index in [4.69, 9.17) is 14.7 Å². The van der Waals surface area contributed by atoms with Crippen LogP contribution < -0.4 is 10.2 Å². The molecule has 0 aliphatic rings. The second kappa shape index (κ2) is 7.60. The molecule has 2 N–H and O–H groups in total. The molecule has 0 bridgehead atoms. The molecule has 26 heavy (non-hydrogen) atoms. The van der Waals surface area contributed by atoms with E-state index in [0.717, 1.165) is 4.85 Å².